The summed E-state index contributed by atoms with van der Waals surface area (Å²) >= 11 is 2.50. The number of carboxylic acids is 1. The Morgan fingerprint density at radius 3 is 2.50 bits per heavy atom. The zero-order valence-corrected chi connectivity index (χ0v) is 17.1. The van der Waals surface area contributed by atoms with E-state index >= 15 is 0 Å². The molecule has 0 aliphatic carbocycles. The third-order valence-electron chi connectivity index (χ3n) is 4.30. The van der Waals surface area contributed by atoms with Gasteiger partial charge in [0.15, 0.2) is 0 Å². The van der Waals surface area contributed by atoms with Crippen molar-refractivity contribution in [3.05, 3.63) is 70.4 Å². The Hall–Kier alpha value is -2.68. The second-order valence-corrected chi connectivity index (χ2v) is 9.79. The quantitative estimate of drug-likeness (QED) is 0.443. The van der Waals surface area contributed by atoms with Crippen LogP contribution in [-0.2, 0) is 10.0 Å². The van der Waals surface area contributed by atoms with Gasteiger partial charge in [-0.05, 0) is 36.1 Å². The molecule has 4 rings (SSSR count). The molecule has 0 aliphatic rings. The van der Waals surface area contributed by atoms with Crippen molar-refractivity contribution in [2.45, 2.75) is 11.8 Å². The van der Waals surface area contributed by atoms with E-state index in [1.54, 1.807) is 30.5 Å². The lowest BCUT2D eigenvalue weighted by atomic mass is 10.2. The van der Waals surface area contributed by atoms with E-state index in [1.165, 1.54) is 17.4 Å². The third kappa shape index (κ3) is 3.30. The third-order valence-corrected chi connectivity index (χ3v) is 7.92. The average Bonchev–Trinajstić information content (AvgIpc) is 3.25. The molecule has 8 heteroatoms. The first-order valence-electron chi connectivity index (χ1n) is 8.29. The Bertz CT molecular complexity index is 1270. The van der Waals surface area contributed by atoms with Gasteiger partial charge >= 0.3 is 5.97 Å². The number of anilines is 1. The second kappa shape index (κ2) is 7.05. The maximum absolute atomic E-state index is 13.0. The highest BCUT2D eigenvalue weighted by atomic mass is 32.2. The highest BCUT2D eigenvalue weighted by molar-refractivity contribution is 7.92. The molecule has 0 atom stereocenters. The van der Waals surface area contributed by atoms with Crippen LogP contribution in [0.1, 0.15) is 15.2 Å². The predicted molar refractivity (Wildman–Crippen MR) is 114 cm³/mol. The molecule has 0 bridgehead atoms. The molecule has 0 saturated carbocycles. The van der Waals surface area contributed by atoms with Crippen molar-refractivity contribution in [1.82, 2.24) is 0 Å². The molecule has 4 aromatic rings. The summed E-state index contributed by atoms with van der Waals surface area (Å²) < 4.78 is 29.5. The summed E-state index contributed by atoms with van der Waals surface area (Å²) in [5.41, 5.74) is 1.26. The normalized spacial score (nSPS) is 11.6. The number of sulfonamides is 1. The first-order chi connectivity index (χ1) is 13.4. The molecule has 0 amide bonds. The summed E-state index contributed by atoms with van der Waals surface area (Å²) in [6, 6.07) is 16.3. The number of nitrogens with one attached hydrogen (secondary N) is 1. The summed E-state index contributed by atoms with van der Waals surface area (Å²) in [7, 11) is -3.93. The number of carboxylic acid groups (broad SMARTS) is 1. The van der Waals surface area contributed by atoms with E-state index < -0.39 is 16.0 Å². The van der Waals surface area contributed by atoms with Crippen LogP contribution in [-0.4, -0.2) is 19.5 Å². The number of rotatable bonds is 5. The monoisotopic (exact) mass is 429 g/mol. The summed E-state index contributed by atoms with van der Waals surface area (Å²) in [5.74, 6) is -1.17. The minimum absolute atomic E-state index is 0.0374. The molecule has 28 heavy (non-hydrogen) atoms. The number of carbonyl (C=O) groups is 1. The molecule has 0 radical (unpaired) electrons. The van der Waals surface area contributed by atoms with Gasteiger partial charge in [-0.1, -0.05) is 36.4 Å². The maximum Gasteiger partial charge on any atom is 0.348 e. The van der Waals surface area contributed by atoms with E-state index in [2.05, 4.69) is 4.72 Å². The molecule has 2 aromatic heterocycles. The molecule has 2 heterocycles. The van der Waals surface area contributed by atoms with Gasteiger partial charge in [0.05, 0.1) is 10.6 Å². The highest BCUT2D eigenvalue weighted by Gasteiger charge is 2.25. The smallest absolute Gasteiger partial charge is 0.348 e. The van der Waals surface area contributed by atoms with E-state index in [1.807, 2.05) is 30.3 Å². The van der Waals surface area contributed by atoms with Gasteiger partial charge in [0.25, 0.3) is 10.0 Å². The number of benzene rings is 2. The van der Waals surface area contributed by atoms with Gasteiger partial charge in [0, 0.05) is 20.5 Å². The van der Waals surface area contributed by atoms with Gasteiger partial charge in [-0.3, -0.25) is 4.72 Å². The highest BCUT2D eigenvalue weighted by Crippen LogP contribution is 2.42. The van der Waals surface area contributed by atoms with E-state index in [-0.39, 0.29) is 15.5 Å². The fraction of sp³-hybridized carbons (Fsp3) is 0.0500. The maximum atomic E-state index is 13.0. The molecular formula is C20H15NO4S3. The lowest BCUT2D eigenvalue weighted by molar-refractivity contribution is 0.0703. The topological polar surface area (TPSA) is 83.5 Å². The van der Waals surface area contributed by atoms with Crippen molar-refractivity contribution >= 4 is 54.4 Å². The van der Waals surface area contributed by atoms with Crippen molar-refractivity contribution in [2.75, 3.05) is 4.72 Å². The fourth-order valence-corrected chi connectivity index (χ4v) is 6.38. The van der Waals surface area contributed by atoms with Crippen molar-refractivity contribution in [1.29, 1.82) is 0 Å². The van der Waals surface area contributed by atoms with E-state index in [9.17, 15) is 18.3 Å². The minimum atomic E-state index is -3.93. The van der Waals surface area contributed by atoms with E-state index in [4.69, 9.17) is 0 Å². The van der Waals surface area contributed by atoms with E-state index in [0.29, 0.717) is 11.1 Å². The lowest BCUT2D eigenvalue weighted by Gasteiger charge is -2.11. The van der Waals surface area contributed by atoms with Gasteiger partial charge in [-0.2, -0.15) is 0 Å². The molecule has 2 aromatic carbocycles. The fourth-order valence-electron chi connectivity index (χ4n) is 2.96. The molecule has 0 unspecified atom stereocenters. The summed E-state index contributed by atoms with van der Waals surface area (Å²) in [5, 5.41) is 12.3. The number of hydrogen-bond acceptors (Lipinski definition) is 5. The number of thiophene rings is 2. The Kier molecular flexibility index (Phi) is 4.70. The standard InChI is InChI=1S/C20H15NO4S3/c1-12-6-2-5-9-17(12)28(24,25)21-18-14(11-26-19(18)20(22)23)16-10-13-7-3-4-8-15(13)27-16/h2-11,21H,1H3,(H,22,23). The first-order valence-corrected chi connectivity index (χ1v) is 11.5. The lowest BCUT2D eigenvalue weighted by Crippen LogP contribution is -2.16. The predicted octanol–water partition coefficient (Wildman–Crippen LogP) is 5.44. The summed E-state index contributed by atoms with van der Waals surface area (Å²) in [4.78, 5) is 12.6. The molecule has 0 aliphatic heterocycles. The van der Waals surface area contributed by atoms with Crippen LogP contribution in [0.15, 0.2) is 64.9 Å². The van der Waals surface area contributed by atoms with Crippen molar-refractivity contribution < 1.29 is 18.3 Å². The van der Waals surface area contributed by atoms with Crippen LogP contribution in [0.5, 0.6) is 0 Å². The molecule has 5 nitrogen and oxygen atoms in total. The SMILES string of the molecule is Cc1ccccc1S(=O)(=O)Nc1c(-c2cc3ccccc3s2)csc1C(=O)O. The first kappa shape index (κ1) is 18.7. The zero-order valence-electron chi connectivity index (χ0n) is 14.7. The molecule has 142 valence electrons. The van der Waals surface area contributed by atoms with Gasteiger partial charge in [0.2, 0.25) is 0 Å². The molecule has 0 fully saturated rings. The van der Waals surface area contributed by atoms with Gasteiger partial charge < -0.3 is 5.11 Å². The van der Waals surface area contributed by atoms with Crippen LogP contribution in [0.3, 0.4) is 0 Å². The van der Waals surface area contributed by atoms with Crippen molar-refractivity contribution in [3.8, 4) is 10.4 Å². The van der Waals surface area contributed by atoms with Crippen LogP contribution < -0.4 is 4.72 Å². The second-order valence-electron chi connectivity index (χ2n) is 6.18. The van der Waals surface area contributed by atoms with Gasteiger partial charge in [-0.15, -0.1) is 22.7 Å². The van der Waals surface area contributed by atoms with Crippen LogP contribution in [0.2, 0.25) is 0 Å². The van der Waals surface area contributed by atoms with Crippen LogP contribution >= 0.6 is 22.7 Å². The molecular weight excluding hydrogens is 414 g/mol. The minimum Gasteiger partial charge on any atom is -0.477 e. The Labute approximate surface area is 170 Å². The summed E-state index contributed by atoms with van der Waals surface area (Å²) in [6.45, 7) is 1.70. The Morgan fingerprint density at radius 1 is 1.07 bits per heavy atom. The van der Waals surface area contributed by atoms with Crippen LogP contribution in [0, 0.1) is 6.92 Å². The van der Waals surface area contributed by atoms with Gasteiger partial charge in [0.1, 0.15) is 4.88 Å². The van der Waals surface area contributed by atoms with Crippen LogP contribution in [0.4, 0.5) is 5.69 Å². The number of aromatic carboxylic acids is 1. The average molecular weight is 430 g/mol. The van der Waals surface area contributed by atoms with Crippen molar-refractivity contribution in [2.24, 2.45) is 0 Å². The number of aryl methyl sites for hydroxylation is 1. The molecule has 0 saturated heterocycles. The number of fused-ring (bicyclic) bond motifs is 1. The molecule has 2 N–H and O–H groups in total. The van der Waals surface area contributed by atoms with E-state index in [0.717, 1.165) is 26.3 Å². The van der Waals surface area contributed by atoms with Crippen molar-refractivity contribution in [3.63, 3.8) is 0 Å². The van der Waals surface area contributed by atoms with Crippen LogP contribution in [0.25, 0.3) is 20.5 Å². The summed E-state index contributed by atoms with van der Waals surface area (Å²) in [6.07, 6.45) is 0. The Balaban J connectivity index is 1.85. The van der Waals surface area contributed by atoms with Gasteiger partial charge in [-0.25, -0.2) is 13.2 Å². The zero-order chi connectivity index (χ0) is 19.9. The molecule has 0 spiro atoms. The largest absolute Gasteiger partial charge is 0.477 e. The Morgan fingerprint density at radius 2 is 1.79 bits per heavy atom. The number of hydrogen-bond donors (Lipinski definition) is 2.